The third kappa shape index (κ3) is 14.3. The second kappa shape index (κ2) is 11.2. The predicted octanol–water partition coefficient (Wildman–Crippen LogP) is 1.79. The van der Waals surface area contributed by atoms with Crippen LogP contribution in [0.3, 0.4) is 0 Å². The molecule has 0 bridgehead atoms. The molecule has 0 aromatic carbocycles. The van der Waals surface area contributed by atoms with Crippen LogP contribution >= 0.6 is 0 Å². The first-order chi connectivity index (χ1) is 10.3. The number of sulfone groups is 2. The zero-order chi connectivity index (χ0) is 18.3. The quantitative estimate of drug-likeness (QED) is 0.420. The second-order valence-corrected chi connectivity index (χ2v) is 19.9. The molecule has 0 radical (unpaired) electrons. The summed E-state index contributed by atoms with van der Waals surface area (Å²) in [5.74, 6) is 1.06. The van der Waals surface area contributed by atoms with E-state index in [1.807, 2.05) is 0 Å². The Morgan fingerprint density at radius 1 is 0.783 bits per heavy atom. The molecule has 2 unspecified atom stereocenters. The fraction of sp³-hybridized carbons (Fsp3) is 1.00. The summed E-state index contributed by atoms with van der Waals surface area (Å²) in [5.41, 5.74) is 0. The molecule has 2 aliphatic rings. The van der Waals surface area contributed by atoms with Crippen LogP contribution in [-0.4, -0.2) is 71.5 Å². The summed E-state index contributed by atoms with van der Waals surface area (Å²) in [5, 5.41) is -0.0278. The number of hydrogen-bond donors (Lipinski definition) is 0. The second-order valence-electron chi connectivity index (χ2n) is 6.53. The molecule has 0 saturated carbocycles. The van der Waals surface area contributed by atoms with Crippen molar-refractivity contribution in [2.24, 2.45) is 0 Å². The van der Waals surface area contributed by atoms with E-state index in [-0.39, 0.29) is 43.1 Å². The SMILES string of the molecule is C[CH](C)[Sn+2][CH](C)C.O=S1(=O)CCC([S-])C1.O=S1(=O)CCC([S-])C1. The van der Waals surface area contributed by atoms with Gasteiger partial charge in [0.1, 0.15) is 19.7 Å². The first kappa shape index (κ1) is 24.4. The molecule has 23 heavy (non-hydrogen) atoms. The van der Waals surface area contributed by atoms with Crippen molar-refractivity contribution in [2.75, 3.05) is 23.0 Å². The van der Waals surface area contributed by atoms with Crippen molar-refractivity contribution in [1.29, 1.82) is 0 Å². The van der Waals surface area contributed by atoms with Crippen LogP contribution in [0.2, 0.25) is 7.87 Å². The third-order valence-electron chi connectivity index (χ3n) is 3.05. The summed E-state index contributed by atoms with van der Waals surface area (Å²) in [6.45, 7) is 9.36. The van der Waals surface area contributed by atoms with Crippen LogP contribution in [0.5, 0.6) is 0 Å². The average molecular weight is 507 g/mol. The monoisotopic (exact) mass is 508 g/mol. The molecule has 2 rings (SSSR count). The molecule has 0 N–H and O–H groups in total. The minimum absolute atomic E-state index is 0.0139. The maximum Gasteiger partial charge on any atom is 0.148 e. The molecule has 2 aliphatic heterocycles. The Bertz CT molecular complexity index is 481. The van der Waals surface area contributed by atoms with Crippen LogP contribution in [0.4, 0.5) is 0 Å². The molecule has 136 valence electrons. The van der Waals surface area contributed by atoms with E-state index in [1.54, 1.807) is 0 Å². The fourth-order valence-corrected chi connectivity index (χ4v) is 10.9. The van der Waals surface area contributed by atoms with Gasteiger partial charge in [0.05, 0.1) is 0 Å². The van der Waals surface area contributed by atoms with Crippen molar-refractivity contribution < 1.29 is 16.8 Å². The van der Waals surface area contributed by atoms with Crippen molar-refractivity contribution in [3.05, 3.63) is 0 Å². The van der Waals surface area contributed by atoms with Crippen molar-refractivity contribution in [3.8, 4) is 0 Å². The van der Waals surface area contributed by atoms with Crippen molar-refractivity contribution in [3.63, 3.8) is 0 Å². The van der Waals surface area contributed by atoms with Gasteiger partial charge in [0, 0.05) is 23.0 Å². The van der Waals surface area contributed by atoms with Crippen LogP contribution in [0.15, 0.2) is 0 Å². The predicted molar refractivity (Wildman–Crippen MR) is 105 cm³/mol. The van der Waals surface area contributed by atoms with E-state index in [4.69, 9.17) is 25.3 Å². The van der Waals surface area contributed by atoms with Crippen LogP contribution in [0.25, 0.3) is 0 Å². The molecule has 2 heterocycles. The summed E-state index contributed by atoms with van der Waals surface area (Å²) >= 11 is 9.58. The first-order valence-corrected chi connectivity index (χ1v) is 15.7. The van der Waals surface area contributed by atoms with Crippen molar-refractivity contribution in [1.82, 2.24) is 0 Å². The van der Waals surface area contributed by atoms with Crippen molar-refractivity contribution >= 4 is 66.1 Å². The van der Waals surface area contributed by atoms with Gasteiger partial charge in [0.25, 0.3) is 0 Å². The van der Waals surface area contributed by atoms with E-state index in [1.165, 1.54) is 0 Å². The summed E-state index contributed by atoms with van der Waals surface area (Å²) in [6, 6.07) is 0. The Morgan fingerprint density at radius 2 is 1.09 bits per heavy atom. The van der Waals surface area contributed by atoms with Gasteiger partial charge in [0.15, 0.2) is 0 Å². The van der Waals surface area contributed by atoms with Gasteiger partial charge < -0.3 is 25.3 Å². The maximum absolute atomic E-state index is 10.6. The standard InChI is InChI=1S/2C4H8O2S2.2C3H7.Sn/c2*5-8(6)2-1-4(7)3-8;2*1-3-2;/h2*4,7H,1-3H2;2*3H,1-2H3;/q;;;;+2/p-2. The van der Waals surface area contributed by atoms with E-state index in [0.29, 0.717) is 24.3 Å². The summed E-state index contributed by atoms with van der Waals surface area (Å²) in [4.78, 5) is 0. The normalized spacial score (nSPS) is 27.7. The van der Waals surface area contributed by atoms with E-state index < -0.39 is 19.7 Å². The number of hydrogen-bond acceptors (Lipinski definition) is 6. The topological polar surface area (TPSA) is 68.3 Å². The molecule has 2 atom stereocenters. The zero-order valence-electron chi connectivity index (χ0n) is 14.3. The van der Waals surface area contributed by atoms with E-state index >= 15 is 0 Å². The molecule has 4 nitrogen and oxygen atoms in total. The van der Waals surface area contributed by atoms with Crippen molar-refractivity contribution in [2.45, 2.75) is 58.9 Å². The van der Waals surface area contributed by atoms with Gasteiger partial charge in [-0.25, -0.2) is 16.8 Å². The maximum atomic E-state index is 10.6. The Balaban J connectivity index is 0.000000317. The molecular weight excluding hydrogens is 479 g/mol. The summed E-state index contributed by atoms with van der Waals surface area (Å²) in [7, 11) is -5.40. The molecule has 0 aliphatic carbocycles. The minimum Gasteiger partial charge on any atom is -0.788 e. The third-order valence-corrected chi connectivity index (χ3v) is 11.6. The Labute approximate surface area is 163 Å². The molecule has 9 heteroatoms. The van der Waals surface area contributed by atoms with Gasteiger partial charge in [0.2, 0.25) is 0 Å². The summed E-state index contributed by atoms with van der Waals surface area (Å²) in [6.07, 6.45) is 1.36. The number of rotatable bonds is 2. The van der Waals surface area contributed by atoms with E-state index in [9.17, 15) is 16.8 Å². The Morgan fingerprint density at radius 3 is 1.13 bits per heavy atom. The zero-order valence-corrected chi connectivity index (χ0v) is 20.4. The first-order valence-electron chi connectivity index (χ1n) is 7.81. The van der Waals surface area contributed by atoms with Crippen LogP contribution in [-0.2, 0) is 44.9 Å². The van der Waals surface area contributed by atoms with E-state index in [2.05, 4.69) is 27.7 Å². The smallest absolute Gasteiger partial charge is 0.148 e. The average Bonchev–Trinajstić information content (AvgIpc) is 2.80. The summed E-state index contributed by atoms with van der Waals surface area (Å²) < 4.78 is 44.4. The van der Waals surface area contributed by atoms with Crippen LogP contribution < -0.4 is 0 Å². The molecular formula is C14H28O4S4Sn. The van der Waals surface area contributed by atoms with Gasteiger partial charge in [-0.2, -0.15) is 0 Å². The van der Waals surface area contributed by atoms with Gasteiger partial charge >= 0.3 is 56.7 Å². The van der Waals surface area contributed by atoms with Gasteiger partial charge in [-0.3, -0.25) is 0 Å². The molecule has 0 spiro atoms. The molecule has 0 amide bonds. The van der Waals surface area contributed by atoms with Crippen LogP contribution in [0.1, 0.15) is 40.5 Å². The molecule has 0 aromatic rings. The van der Waals surface area contributed by atoms with Gasteiger partial charge in [-0.1, -0.05) is 12.8 Å². The van der Waals surface area contributed by atoms with Gasteiger partial charge in [-0.05, 0) is 0 Å². The largest absolute Gasteiger partial charge is 0.788 e. The molecule has 0 aromatic heterocycles. The minimum atomic E-state index is -2.70. The Kier molecular flexibility index (Phi) is 11.9. The van der Waals surface area contributed by atoms with E-state index in [0.717, 1.165) is 7.87 Å². The molecule has 2 fully saturated rings. The molecule has 2 saturated heterocycles. The Hall–Kier alpha value is 1.40. The fourth-order valence-electron chi connectivity index (χ4n) is 2.19. The van der Waals surface area contributed by atoms with Crippen LogP contribution in [0, 0.1) is 0 Å². The van der Waals surface area contributed by atoms with Gasteiger partial charge in [-0.15, -0.1) is 10.5 Å².